The predicted molar refractivity (Wildman–Crippen MR) is 51.4 cm³/mol. The third kappa shape index (κ3) is 2.93. The molecular formula is C10H15NO2. The quantitative estimate of drug-likeness (QED) is 0.706. The highest BCUT2D eigenvalue weighted by atomic mass is 16.5. The largest absolute Gasteiger partial charge is 0.449 e. The van der Waals surface area contributed by atoms with Crippen molar-refractivity contribution in [2.45, 2.75) is 12.8 Å². The molecule has 0 saturated heterocycles. The van der Waals surface area contributed by atoms with E-state index in [2.05, 4.69) is 18.0 Å². The van der Waals surface area contributed by atoms with Gasteiger partial charge in [-0.3, -0.25) is 0 Å². The maximum atomic E-state index is 10.8. The molecule has 0 aromatic heterocycles. The van der Waals surface area contributed by atoms with Gasteiger partial charge in [-0.25, -0.2) is 4.79 Å². The third-order valence-electron chi connectivity index (χ3n) is 2.16. The van der Waals surface area contributed by atoms with E-state index in [1.165, 1.54) is 0 Å². The van der Waals surface area contributed by atoms with Gasteiger partial charge < -0.3 is 10.1 Å². The zero-order chi connectivity index (χ0) is 9.68. The van der Waals surface area contributed by atoms with Gasteiger partial charge >= 0.3 is 6.09 Å². The average molecular weight is 181 g/mol. The van der Waals surface area contributed by atoms with Gasteiger partial charge in [0.05, 0.1) is 0 Å². The van der Waals surface area contributed by atoms with Crippen LogP contribution >= 0.6 is 0 Å². The highest BCUT2D eigenvalue weighted by Gasteiger charge is 2.15. The van der Waals surface area contributed by atoms with Crippen LogP contribution in [0.3, 0.4) is 0 Å². The van der Waals surface area contributed by atoms with Gasteiger partial charge in [0.25, 0.3) is 0 Å². The summed E-state index contributed by atoms with van der Waals surface area (Å²) in [4.78, 5) is 10.8. The summed E-state index contributed by atoms with van der Waals surface area (Å²) in [6.45, 7) is 4.33. The van der Waals surface area contributed by atoms with Crippen LogP contribution in [0.5, 0.6) is 0 Å². The molecule has 13 heavy (non-hydrogen) atoms. The van der Waals surface area contributed by atoms with E-state index in [1.54, 1.807) is 7.05 Å². The predicted octanol–water partition coefficient (Wildman–Crippen LogP) is 1.86. The number of nitrogens with one attached hydrogen (secondary N) is 1. The molecule has 0 spiro atoms. The molecule has 0 aromatic rings. The first kappa shape index (κ1) is 9.84. The van der Waals surface area contributed by atoms with Crippen LogP contribution in [0.2, 0.25) is 0 Å². The Morgan fingerprint density at radius 2 is 2.62 bits per heavy atom. The van der Waals surface area contributed by atoms with E-state index >= 15 is 0 Å². The summed E-state index contributed by atoms with van der Waals surface area (Å²) in [5, 5.41) is 2.41. The third-order valence-corrected chi connectivity index (χ3v) is 2.16. The van der Waals surface area contributed by atoms with Crippen LogP contribution in [0.4, 0.5) is 4.79 Å². The maximum Gasteiger partial charge on any atom is 0.406 e. The summed E-state index contributed by atoms with van der Waals surface area (Å²) >= 11 is 0. The highest BCUT2D eigenvalue weighted by Crippen LogP contribution is 2.22. The van der Waals surface area contributed by atoms with Gasteiger partial charge in [-0.15, -0.1) is 0 Å². The highest BCUT2D eigenvalue weighted by molar-refractivity contribution is 5.66. The molecule has 0 fully saturated rings. The van der Waals surface area contributed by atoms with Crippen molar-refractivity contribution >= 4 is 6.09 Å². The van der Waals surface area contributed by atoms with Gasteiger partial charge in [-0.05, 0) is 18.4 Å². The number of carbonyl (C=O) groups excluding carboxylic acids is 1. The molecule has 72 valence electrons. The van der Waals surface area contributed by atoms with Gasteiger partial charge in [0.2, 0.25) is 0 Å². The van der Waals surface area contributed by atoms with Gasteiger partial charge in [0.1, 0.15) is 6.61 Å². The number of alkyl carbamates (subject to hydrolysis) is 1. The zero-order valence-electron chi connectivity index (χ0n) is 7.88. The van der Waals surface area contributed by atoms with Crippen LogP contribution in [0.1, 0.15) is 12.8 Å². The summed E-state index contributed by atoms with van der Waals surface area (Å²) in [6, 6.07) is 0. The second-order valence-electron chi connectivity index (χ2n) is 3.10. The molecule has 0 aromatic carbocycles. The van der Waals surface area contributed by atoms with Crippen molar-refractivity contribution < 1.29 is 9.53 Å². The fourth-order valence-electron chi connectivity index (χ4n) is 1.29. The fraction of sp³-hybridized carbons (Fsp3) is 0.500. The summed E-state index contributed by atoms with van der Waals surface area (Å²) in [5.41, 5.74) is 1.05. The molecule has 0 aliphatic heterocycles. The smallest absolute Gasteiger partial charge is 0.406 e. The Morgan fingerprint density at radius 1 is 1.85 bits per heavy atom. The second kappa shape index (κ2) is 4.70. The van der Waals surface area contributed by atoms with Gasteiger partial charge in [-0.2, -0.15) is 0 Å². The van der Waals surface area contributed by atoms with E-state index < -0.39 is 0 Å². The molecule has 3 heteroatoms. The van der Waals surface area contributed by atoms with Crippen LogP contribution in [-0.2, 0) is 4.74 Å². The Morgan fingerprint density at radius 3 is 3.23 bits per heavy atom. The minimum Gasteiger partial charge on any atom is -0.449 e. The minimum absolute atomic E-state index is 0.294. The van der Waals surface area contributed by atoms with Crippen LogP contribution < -0.4 is 5.32 Å². The molecule has 1 N–H and O–H groups in total. The fourth-order valence-corrected chi connectivity index (χ4v) is 1.29. The molecule has 1 aliphatic carbocycles. The van der Waals surface area contributed by atoms with Crippen molar-refractivity contribution in [2.75, 3.05) is 13.7 Å². The molecule has 1 atom stereocenters. The van der Waals surface area contributed by atoms with E-state index in [-0.39, 0.29) is 6.09 Å². The molecule has 0 heterocycles. The van der Waals surface area contributed by atoms with Crippen molar-refractivity contribution in [1.29, 1.82) is 0 Å². The molecule has 1 amide bonds. The number of rotatable bonds is 2. The van der Waals surface area contributed by atoms with E-state index in [0.29, 0.717) is 12.5 Å². The van der Waals surface area contributed by atoms with Crippen LogP contribution in [0.25, 0.3) is 0 Å². The summed E-state index contributed by atoms with van der Waals surface area (Å²) in [7, 11) is 1.55. The molecule has 1 unspecified atom stereocenters. The number of ether oxygens (including phenoxy) is 1. The van der Waals surface area contributed by atoms with Crippen LogP contribution in [0.15, 0.2) is 24.3 Å². The van der Waals surface area contributed by atoms with Gasteiger partial charge in [0.15, 0.2) is 0 Å². The minimum atomic E-state index is -0.373. The van der Waals surface area contributed by atoms with Crippen LogP contribution in [-0.4, -0.2) is 19.7 Å². The van der Waals surface area contributed by atoms with Crippen molar-refractivity contribution in [3.8, 4) is 0 Å². The summed E-state index contributed by atoms with van der Waals surface area (Å²) < 4.78 is 4.96. The van der Waals surface area contributed by atoms with Crippen molar-refractivity contribution in [3.05, 3.63) is 24.3 Å². The Hall–Kier alpha value is -1.25. The molecule has 0 bridgehead atoms. The maximum absolute atomic E-state index is 10.8. The van der Waals surface area contributed by atoms with E-state index in [9.17, 15) is 4.79 Å². The second-order valence-corrected chi connectivity index (χ2v) is 3.10. The Bertz CT molecular complexity index is 233. The first-order valence-corrected chi connectivity index (χ1v) is 4.44. The Balaban J connectivity index is 2.32. The lowest BCUT2D eigenvalue weighted by atomic mass is 9.91. The number of allylic oxidation sites excluding steroid dienone is 2. The first-order valence-electron chi connectivity index (χ1n) is 4.44. The lowest BCUT2D eigenvalue weighted by molar-refractivity contribution is 0.133. The normalized spacial score (nSPS) is 21.3. The molecule has 1 aliphatic rings. The zero-order valence-corrected chi connectivity index (χ0v) is 7.88. The number of hydrogen-bond acceptors (Lipinski definition) is 2. The van der Waals surface area contributed by atoms with E-state index in [0.717, 1.165) is 18.4 Å². The Labute approximate surface area is 78.5 Å². The molecule has 0 saturated carbocycles. The summed E-state index contributed by atoms with van der Waals surface area (Å²) in [6.07, 6.45) is 5.79. The first-order chi connectivity index (χ1) is 6.24. The Kier molecular flexibility index (Phi) is 3.55. The lowest BCUT2D eigenvalue weighted by Crippen LogP contribution is -2.23. The monoisotopic (exact) mass is 181 g/mol. The average Bonchev–Trinajstić information content (AvgIpc) is 2.16. The van der Waals surface area contributed by atoms with Gasteiger partial charge in [0, 0.05) is 13.0 Å². The lowest BCUT2D eigenvalue weighted by Gasteiger charge is -2.19. The standard InChI is InChI=1S/C10H15NO2/c1-8-5-3-4-6-9(8)7-13-10(12)11-2/h3,5,9H,1,4,6-7H2,2H3,(H,11,12). The topological polar surface area (TPSA) is 38.3 Å². The SMILES string of the molecule is C=C1C=CCCC1COC(=O)NC. The van der Waals surface area contributed by atoms with Crippen molar-refractivity contribution in [3.63, 3.8) is 0 Å². The summed E-state index contributed by atoms with van der Waals surface area (Å²) in [5.74, 6) is 0.294. The van der Waals surface area contributed by atoms with Crippen molar-refractivity contribution in [1.82, 2.24) is 5.32 Å². The number of hydrogen-bond donors (Lipinski definition) is 1. The molecular weight excluding hydrogens is 166 g/mol. The number of amides is 1. The van der Waals surface area contributed by atoms with Crippen LogP contribution in [0, 0.1) is 5.92 Å². The van der Waals surface area contributed by atoms with E-state index in [1.807, 2.05) is 6.08 Å². The molecule has 1 rings (SSSR count). The molecule has 3 nitrogen and oxygen atoms in total. The molecule has 0 radical (unpaired) electrons. The van der Waals surface area contributed by atoms with E-state index in [4.69, 9.17) is 4.74 Å². The van der Waals surface area contributed by atoms with Gasteiger partial charge in [-0.1, -0.05) is 18.7 Å². The number of carbonyl (C=O) groups is 1. The van der Waals surface area contributed by atoms with Crippen molar-refractivity contribution in [2.24, 2.45) is 5.92 Å².